The Morgan fingerprint density at radius 3 is 2.40 bits per heavy atom. The molecule has 14 nitrogen and oxygen atoms in total. The second-order valence-corrected chi connectivity index (χ2v) is 6.45. The smallest absolute Gasteiger partial charge is 0.337 e. The summed E-state index contributed by atoms with van der Waals surface area (Å²) in [4.78, 5) is 49.4. The standard InChI is InChI=1S/C9H12N2O5S.C6H6N2O5/c12-3-4-6(13)7(14)8(16-4)11-2-1-5(17)10-9(11)15;9-3(5(11)12)2-1-7-6(13)8-4(2)10/h1-2,4,6-8,12-14H,3H2,(H,10,15,17);1,3,9H,(H,11,12)(H2,7,8,10,13)/t4-,6-,7-,8-;/m1./s1. The van der Waals surface area contributed by atoms with Crippen LogP contribution in [0.15, 0.2) is 32.8 Å². The molecule has 1 fully saturated rings. The summed E-state index contributed by atoms with van der Waals surface area (Å²) in [6.07, 6.45) is -4.18. The van der Waals surface area contributed by atoms with Crippen LogP contribution in [0.3, 0.4) is 0 Å². The van der Waals surface area contributed by atoms with Crippen LogP contribution in [0.5, 0.6) is 0 Å². The third-order valence-electron chi connectivity index (χ3n) is 4.02. The number of carboxylic acids is 1. The summed E-state index contributed by atoms with van der Waals surface area (Å²) in [5.41, 5.74) is -2.63. The van der Waals surface area contributed by atoms with Crippen molar-refractivity contribution in [3.63, 3.8) is 0 Å². The Morgan fingerprint density at radius 1 is 1.23 bits per heavy atom. The molecule has 3 rings (SSSR count). The first-order valence-electron chi connectivity index (χ1n) is 8.23. The number of hydrogen-bond acceptors (Lipinski definition) is 10. The molecule has 2 aromatic rings. The molecule has 5 atom stereocenters. The van der Waals surface area contributed by atoms with E-state index in [4.69, 9.17) is 32.3 Å². The highest BCUT2D eigenvalue weighted by Crippen LogP contribution is 2.27. The maximum atomic E-state index is 11.6. The van der Waals surface area contributed by atoms with Crippen LogP contribution in [0.25, 0.3) is 0 Å². The number of nitrogens with one attached hydrogen (secondary N) is 3. The lowest BCUT2D eigenvalue weighted by Gasteiger charge is -2.16. The summed E-state index contributed by atoms with van der Waals surface area (Å²) >= 11 is 4.77. The minimum Gasteiger partial charge on any atom is -0.479 e. The van der Waals surface area contributed by atoms with E-state index < -0.39 is 65.7 Å². The van der Waals surface area contributed by atoms with Gasteiger partial charge in [-0.3, -0.25) is 19.3 Å². The largest absolute Gasteiger partial charge is 0.479 e. The molecule has 164 valence electrons. The third kappa shape index (κ3) is 5.15. The van der Waals surface area contributed by atoms with Crippen LogP contribution in [0.2, 0.25) is 0 Å². The first kappa shape index (κ1) is 23.3. The van der Waals surface area contributed by atoms with Crippen molar-refractivity contribution in [1.82, 2.24) is 19.5 Å². The number of rotatable bonds is 4. The van der Waals surface area contributed by atoms with Crippen LogP contribution in [0.1, 0.15) is 17.9 Å². The first-order chi connectivity index (χ1) is 14.1. The van der Waals surface area contributed by atoms with Gasteiger partial charge in [0.2, 0.25) is 0 Å². The second kappa shape index (κ2) is 9.70. The van der Waals surface area contributed by atoms with Gasteiger partial charge < -0.3 is 35.3 Å². The Morgan fingerprint density at radius 2 is 1.90 bits per heavy atom. The highest BCUT2D eigenvalue weighted by molar-refractivity contribution is 7.71. The molecule has 0 radical (unpaired) electrons. The number of carboxylic acid groups (broad SMARTS) is 1. The molecule has 0 bridgehead atoms. The molecule has 0 amide bonds. The van der Waals surface area contributed by atoms with Gasteiger partial charge in [-0.05, 0) is 6.07 Å². The zero-order valence-electron chi connectivity index (χ0n) is 15.0. The lowest BCUT2D eigenvalue weighted by molar-refractivity contribution is -0.147. The van der Waals surface area contributed by atoms with E-state index in [1.807, 2.05) is 4.98 Å². The van der Waals surface area contributed by atoms with Gasteiger partial charge in [-0.1, -0.05) is 12.2 Å². The van der Waals surface area contributed by atoms with Gasteiger partial charge >= 0.3 is 17.3 Å². The fraction of sp³-hybridized carbons (Fsp3) is 0.400. The van der Waals surface area contributed by atoms with Gasteiger partial charge in [-0.25, -0.2) is 14.4 Å². The van der Waals surface area contributed by atoms with Crippen molar-refractivity contribution >= 4 is 18.2 Å². The van der Waals surface area contributed by atoms with E-state index in [1.54, 1.807) is 4.98 Å². The van der Waals surface area contributed by atoms with Gasteiger partial charge in [-0.2, -0.15) is 0 Å². The summed E-state index contributed by atoms with van der Waals surface area (Å²) in [6, 6.07) is 1.46. The summed E-state index contributed by atoms with van der Waals surface area (Å²) in [5.74, 6) is -1.56. The van der Waals surface area contributed by atoms with Gasteiger partial charge in [0.15, 0.2) is 12.3 Å². The topological polar surface area (TPSA) is 231 Å². The minimum absolute atomic E-state index is 0.262. The number of aliphatic hydroxyl groups excluding tert-OH is 4. The van der Waals surface area contributed by atoms with Crippen LogP contribution in [-0.2, 0) is 9.53 Å². The van der Waals surface area contributed by atoms with Crippen molar-refractivity contribution in [2.45, 2.75) is 30.6 Å². The predicted molar refractivity (Wildman–Crippen MR) is 99.2 cm³/mol. The van der Waals surface area contributed by atoms with Crippen molar-refractivity contribution in [1.29, 1.82) is 0 Å². The van der Waals surface area contributed by atoms with Crippen molar-refractivity contribution in [3.8, 4) is 0 Å². The van der Waals surface area contributed by atoms with E-state index >= 15 is 0 Å². The number of carbonyl (C=O) groups is 1. The number of aromatic amines is 3. The molecule has 2 aromatic heterocycles. The molecule has 15 heteroatoms. The summed E-state index contributed by atoms with van der Waals surface area (Å²) < 4.78 is 6.55. The van der Waals surface area contributed by atoms with E-state index in [0.717, 1.165) is 10.8 Å². The quantitative estimate of drug-likeness (QED) is 0.217. The molecule has 1 saturated heterocycles. The van der Waals surface area contributed by atoms with E-state index in [-0.39, 0.29) is 4.64 Å². The van der Waals surface area contributed by atoms with E-state index in [1.165, 1.54) is 12.3 Å². The molecule has 1 aliphatic rings. The van der Waals surface area contributed by atoms with Crippen LogP contribution in [0, 0.1) is 4.64 Å². The van der Waals surface area contributed by atoms with Gasteiger partial charge in [0, 0.05) is 12.4 Å². The summed E-state index contributed by atoms with van der Waals surface area (Å²) in [5, 5.41) is 45.5. The SMILES string of the molecule is O=C(O)C(O)c1c[nH]c(=O)[nH]c1=O.O=c1[nH]c(=S)ccn1[C@@H]1O[C@H](CO)[C@@H](O)[C@H]1O. The summed E-state index contributed by atoms with van der Waals surface area (Å²) in [7, 11) is 0. The highest BCUT2D eigenvalue weighted by atomic mass is 32.1. The lowest BCUT2D eigenvalue weighted by Crippen LogP contribution is -2.35. The fourth-order valence-electron chi connectivity index (χ4n) is 2.49. The number of aliphatic carboxylic acids is 1. The van der Waals surface area contributed by atoms with Gasteiger partial charge in [0.05, 0.1) is 12.2 Å². The van der Waals surface area contributed by atoms with Crippen LogP contribution in [-0.4, -0.2) is 75.9 Å². The monoisotopic (exact) mass is 446 g/mol. The predicted octanol–water partition coefficient (Wildman–Crippen LogP) is -3.30. The van der Waals surface area contributed by atoms with E-state index in [0.29, 0.717) is 0 Å². The molecule has 8 N–H and O–H groups in total. The molecular formula is C15H18N4O10S. The second-order valence-electron chi connectivity index (χ2n) is 6.01. The molecule has 0 aliphatic carbocycles. The molecular weight excluding hydrogens is 428 g/mol. The minimum atomic E-state index is -1.93. The first-order valence-corrected chi connectivity index (χ1v) is 8.64. The van der Waals surface area contributed by atoms with Gasteiger partial charge in [0.1, 0.15) is 23.0 Å². The Labute approximate surface area is 170 Å². The molecule has 1 unspecified atom stereocenters. The molecule has 1 aliphatic heterocycles. The molecule has 3 heterocycles. The number of nitrogens with zero attached hydrogens (tertiary/aromatic N) is 1. The number of hydrogen-bond donors (Lipinski definition) is 8. The maximum absolute atomic E-state index is 11.6. The Hall–Kier alpha value is -2.95. The average Bonchev–Trinajstić information content (AvgIpc) is 2.96. The van der Waals surface area contributed by atoms with Crippen LogP contribution in [0.4, 0.5) is 0 Å². The molecule has 30 heavy (non-hydrogen) atoms. The fourth-order valence-corrected chi connectivity index (χ4v) is 2.64. The van der Waals surface area contributed by atoms with Crippen molar-refractivity contribution in [3.05, 3.63) is 60.0 Å². The number of aliphatic hydroxyl groups is 4. The normalized spacial score (nSPS) is 24.0. The molecule has 0 saturated carbocycles. The van der Waals surface area contributed by atoms with E-state index in [9.17, 15) is 29.4 Å². The van der Waals surface area contributed by atoms with E-state index in [2.05, 4.69) is 4.98 Å². The zero-order chi connectivity index (χ0) is 22.6. The number of H-pyrrole nitrogens is 3. The number of ether oxygens (including phenoxy) is 1. The number of aromatic nitrogens is 4. The van der Waals surface area contributed by atoms with Crippen LogP contribution < -0.4 is 16.9 Å². The Kier molecular flexibility index (Phi) is 7.54. The van der Waals surface area contributed by atoms with Gasteiger partial charge in [-0.15, -0.1) is 0 Å². The average molecular weight is 446 g/mol. The summed E-state index contributed by atoms with van der Waals surface area (Å²) in [6.45, 7) is -0.438. The van der Waals surface area contributed by atoms with Gasteiger partial charge in [0.25, 0.3) is 5.56 Å². The molecule has 0 spiro atoms. The van der Waals surface area contributed by atoms with Crippen molar-refractivity contribution in [2.24, 2.45) is 0 Å². The highest BCUT2D eigenvalue weighted by Gasteiger charge is 2.43. The Bertz CT molecular complexity index is 1120. The Balaban J connectivity index is 0.000000222. The third-order valence-corrected chi connectivity index (χ3v) is 4.26. The molecule has 0 aromatic carbocycles. The maximum Gasteiger partial charge on any atom is 0.337 e. The van der Waals surface area contributed by atoms with Crippen molar-refractivity contribution < 1.29 is 35.1 Å². The lowest BCUT2D eigenvalue weighted by atomic mass is 10.1. The van der Waals surface area contributed by atoms with Crippen LogP contribution >= 0.6 is 12.2 Å². The van der Waals surface area contributed by atoms with Crippen molar-refractivity contribution in [2.75, 3.05) is 6.61 Å². The zero-order valence-corrected chi connectivity index (χ0v) is 15.8.